The van der Waals surface area contributed by atoms with Crippen LogP contribution in [-0.2, 0) is 11.3 Å². The van der Waals surface area contributed by atoms with Gasteiger partial charge in [0.1, 0.15) is 5.82 Å². The maximum absolute atomic E-state index is 10.6. The number of nitrogens with zero attached hydrogens (tertiary/aromatic N) is 2. The summed E-state index contributed by atoms with van der Waals surface area (Å²) < 4.78 is 31.7. The second-order valence-corrected chi connectivity index (χ2v) is 8.71. The molecule has 1 atom stereocenters. The van der Waals surface area contributed by atoms with Gasteiger partial charge < -0.3 is 15.2 Å². The largest absolute Gasteiger partial charge is 0.490 e. The number of nitrogens with one attached hydrogen (secondary N) is 1. The van der Waals surface area contributed by atoms with Gasteiger partial charge in [-0.1, -0.05) is 54.6 Å². The maximum atomic E-state index is 10.6. The summed E-state index contributed by atoms with van der Waals surface area (Å²) in [5, 5.41) is 17.0. The topological polar surface area (TPSA) is 89.4 Å². The van der Waals surface area contributed by atoms with Gasteiger partial charge in [0.25, 0.3) is 0 Å². The number of aliphatic carboxylic acids is 1. The fourth-order valence-corrected chi connectivity index (χ4v) is 4.19. The van der Waals surface area contributed by atoms with Gasteiger partial charge in [-0.2, -0.15) is 13.2 Å². The van der Waals surface area contributed by atoms with Crippen molar-refractivity contribution in [2.24, 2.45) is 0 Å². The molecule has 2 heterocycles. The lowest BCUT2D eigenvalue weighted by Crippen LogP contribution is -2.37. The van der Waals surface area contributed by atoms with Crippen molar-refractivity contribution >= 4 is 17.0 Å². The van der Waals surface area contributed by atoms with Gasteiger partial charge in [0.05, 0.1) is 17.1 Å². The van der Waals surface area contributed by atoms with Crippen LogP contribution in [0.25, 0.3) is 33.5 Å². The molecule has 1 fully saturated rings. The first-order chi connectivity index (χ1) is 17.2. The second-order valence-electron chi connectivity index (χ2n) is 8.71. The minimum absolute atomic E-state index is 0.183. The fraction of sp³-hybridized carbons (Fsp3) is 0.259. The van der Waals surface area contributed by atoms with Crippen molar-refractivity contribution in [3.8, 4) is 22.5 Å². The summed E-state index contributed by atoms with van der Waals surface area (Å²) in [4.78, 5) is 19.3. The van der Waals surface area contributed by atoms with Crippen molar-refractivity contribution in [2.45, 2.75) is 31.7 Å². The number of β-amino-alcohol motifs (C(OH)–C–C–N with tert-alkyl or cyclic N) is 1. The van der Waals surface area contributed by atoms with Crippen LogP contribution in [0.2, 0.25) is 0 Å². The van der Waals surface area contributed by atoms with E-state index in [0.717, 1.165) is 54.9 Å². The minimum atomic E-state index is -5.08. The van der Waals surface area contributed by atoms with Gasteiger partial charge in [-0.15, -0.1) is 0 Å². The Balaban J connectivity index is 0.000000384. The zero-order chi connectivity index (χ0) is 25.7. The Morgan fingerprint density at radius 2 is 1.69 bits per heavy atom. The van der Waals surface area contributed by atoms with Crippen LogP contribution in [0.3, 0.4) is 0 Å². The number of rotatable bonds is 4. The quantitative estimate of drug-likeness (QED) is 0.347. The molecule has 0 radical (unpaired) electrons. The molecule has 36 heavy (non-hydrogen) atoms. The number of H-pyrrole nitrogens is 1. The molecule has 1 aromatic heterocycles. The van der Waals surface area contributed by atoms with Gasteiger partial charge in [-0.25, -0.2) is 9.78 Å². The number of aliphatic hydroxyl groups excluding tert-OH is 1. The van der Waals surface area contributed by atoms with Crippen LogP contribution in [-0.4, -0.2) is 56.4 Å². The Morgan fingerprint density at radius 1 is 1.00 bits per heavy atom. The molecule has 1 aliphatic heterocycles. The third-order valence-corrected chi connectivity index (χ3v) is 5.94. The molecular formula is C27H26F3N3O3. The molecule has 0 spiro atoms. The van der Waals surface area contributed by atoms with E-state index in [4.69, 9.17) is 9.90 Å². The molecule has 0 bridgehead atoms. The van der Waals surface area contributed by atoms with E-state index in [2.05, 4.69) is 63.4 Å². The van der Waals surface area contributed by atoms with Crippen LogP contribution < -0.4 is 0 Å². The highest BCUT2D eigenvalue weighted by Gasteiger charge is 2.38. The van der Waals surface area contributed by atoms with Crippen molar-refractivity contribution in [3.05, 3.63) is 78.4 Å². The Hall–Kier alpha value is -3.69. The number of likely N-dealkylation sites (tertiary alicyclic amines) is 1. The maximum Gasteiger partial charge on any atom is 0.490 e. The summed E-state index contributed by atoms with van der Waals surface area (Å²) in [5.41, 5.74) is 6.84. The summed E-state index contributed by atoms with van der Waals surface area (Å²) >= 11 is 0. The van der Waals surface area contributed by atoms with E-state index in [9.17, 15) is 18.3 Å². The second kappa shape index (κ2) is 10.9. The number of benzene rings is 3. The summed E-state index contributed by atoms with van der Waals surface area (Å²) in [7, 11) is 0. The minimum Gasteiger partial charge on any atom is -0.475 e. The van der Waals surface area contributed by atoms with E-state index in [1.807, 2.05) is 24.3 Å². The highest BCUT2D eigenvalue weighted by atomic mass is 19.4. The number of halogens is 3. The Labute approximate surface area is 206 Å². The highest BCUT2D eigenvalue weighted by molar-refractivity contribution is 5.79. The molecule has 0 saturated carbocycles. The standard InChI is InChI=1S/C25H25N3O.C2HF3O2/c29-22-7-4-14-28(17-22)16-18-5-3-6-21(15-18)19-10-12-20(13-11-19)25-26-23-8-1-2-9-24(23)27-25;3-2(4,5)1(6)7/h1-3,5-6,8-13,15,22,29H,4,7,14,16-17H2,(H,26,27);(H,6,7). The first-order valence-electron chi connectivity index (χ1n) is 11.5. The number of aromatic amines is 1. The predicted molar refractivity (Wildman–Crippen MR) is 131 cm³/mol. The highest BCUT2D eigenvalue weighted by Crippen LogP contribution is 2.26. The fourth-order valence-electron chi connectivity index (χ4n) is 4.19. The SMILES string of the molecule is O=C(O)C(F)(F)F.OC1CCCN(Cc2cccc(-c3ccc(-c4nc5ccccc5[nH]4)cc3)c2)C1. The number of aliphatic hydroxyl groups is 1. The van der Waals surface area contributed by atoms with Crippen molar-refractivity contribution < 1.29 is 28.2 Å². The van der Waals surface area contributed by atoms with E-state index < -0.39 is 12.1 Å². The monoisotopic (exact) mass is 497 g/mol. The average molecular weight is 498 g/mol. The van der Waals surface area contributed by atoms with E-state index in [1.54, 1.807) is 0 Å². The van der Waals surface area contributed by atoms with Crippen LogP contribution in [0.15, 0.2) is 72.8 Å². The average Bonchev–Trinajstić information content (AvgIpc) is 3.29. The van der Waals surface area contributed by atoms with Crippen molar-refractivity contribution in [1.29, 1.82) is 0 Å². The molecule has 188 valence electrons. The molecule has 6 nitrogen and oxygen atoms in total. The Kier molecular flexibility index (Phi) is 7.71. The van der Waals surface area contributed by atoms with Gasteiger partial charge in [0, 0.05) is 18.7 Å². The summed E-state index contributed by atoms with van der Waals surface area (Å²) in [6, 6.07) is 25.4. The van der Waals surface area contributed by atoms with Crippen molar-refractivity contribution in [3.63, 3.8) is 0 Å². The van der Waals surface area contributed by atoms with Crippen LogP contribution in [0.4, 0.5) is 13.2 Å². The zero-order valence-electron chi connectivity index (χ0n) is 19.4. The van der Waals surface area contributed by atoms with Crippen molar-refractivity contribution in [2.75, 3.05) is 13.1 Å². The summed E-state index contributed by atoms with van der Waals surface area (Å²) in [5.74, 6) is -1.86. The van der Waals surface area contributed by atoms with E-state index in [0.29, 0.717) is 0 Å². The number of piperidine rings is 1. The van der Waals surface area contributed by atoms with Gasteiger partial charge in [0.15, 0.2) is 0 Å². The van der Waals surface area contributed by atoms with Gasteiger partial charge in [-0.3, -0.25) is 4.90 Å². The number of hydrogen-bond donors (Lipinski definition) is 3. The molecule has 1 aliphatic rings. The van der Waals surface area contributed by atoms with Gasteiger partial charge >= 0.3 is 12.1 Å². The summed E-state index contributed by atoms with van der Waals surface area (Å²) in [6.07, 6.45) is -3.27. The number of carbonyl (C=O) groups is 1. The number of carboxylic acids is 1. The van der Waals surface area contributed by atoms with Crippen LogP contribution in [0, 0.1) is 0 Å². The number of aromatic nitrogens is 2. The van der Waals surface area contributed by atoms with Crippen LogP contribution in [0.1, 0.15) is 18.4 Å². The molecule has 1 saturated heterocycles. The predicted octanol–water partition coefficient (Wildman–Crippen LogP) is 5.49. The molecule has 9 heteroatoms. The van der Waals surface area contributed by atoms with E-state index >= 15 is 0 Å². The van der Waals surface area contributed by atoms with Gasteiger partial charge in [-0.05, 0) is 54.3 Å². The molecule has 3 N–H and O–H groups in total. The first kappa shape index (κ1) is 25.4. The Bertz CT molecular complexity index is 1290. The summed E-state index contributed by atoms with van der Waals surface area (Å²) in [6.45, 7) is 2.73. The number of carboxylic acid groups (broad SMARTS) is 1. The number of fused-ring (bicyclic) bond motifs is 1. The molecule has 4 aromatic rings. The molecule has 5 rings (SSSR count). The smallest absolute Gasteiger partial charge is 0.475 e. The van der Waals surface area contributed by atoms with Crippen molar-refractivity contribution in [1.82, 2.24) is 14.9 Å². The first-order valence-corrected chi connectivity index (χ1v) is 11.5. The molecule has 3 aromatic carbocycles. The normalized spacial score (nSPS) is 16.4. The third kappa shape index (κ3) is 6.50. The Morgan fingerprint density at radius 3 is 2.36 bits per heavy atom. The number of para-hydroxylation sites is 2. The number of alkyl halides is 3. The van der Waals surface area contributed by atoms with Gasteiger partial charge in [0.2, 0.25) is 0 Å². The van der Waals surface area contributed by atoms with Crippen LogP contribution >= 0.6 is 0 Å². The molecule has 1 unspecified atom stereocenters. The molecule has 0 amide bonds. The third-order valence-electron chi connectivity index (χ3n) is 5.94. The lowest BCUT2D eigenvalue weighted by molar-refractivity contribution is -0.192. The molecule has 0 aliphatic carbocycles. The zero-order valence-corrected chi connectivity index (χ0v) is 19.4. The number of hydrogen-bond acceptors (Lipinski definition) is 4. The van der Waals surface area contributed by atoms with E-state index in [1.165, 1.54) is 16.7 Å². The van der Waals surface area contributed by atoms with Crippen LogP contribution in [0.5, 0.6) is 0 Å². The van der Waals surface area contributed by atoms with E-state index in [-0.39, 0.29) is 6.10 Å². The number of imidazole rings is 1. The lowest BCUT2D eigenvalue weighted by atomic mass is 10.0. The molecular weight excluding hydrogens is 471 g/mol. The lowest BCUT2D eigenvalue weighted by Gasteiger charge is -2.30.